The van der Waals surface area contributed by atoms with E-state index in [2.05, 4.69) is 114 Å². The van der Waals surface area contributed by atoms with Gasteiger partial charge in [0.15, 0.2) is 0 Å². The van der Waals surface area contributed by atoms with E-state index in [0.29, 0.717) is 11.6 Å². The molecule has 2 aromatic rings. The van der Waals surface area contributed by atoms with Crippen LogP contribution in [0.1, 0.15) is 47.6 Å². The van der Waals surface area contributed by atoms with Crippen molar-refractivity contribution < 1.29 is 9.90 Å². The summed E-state index contributed by atoms with van der Waals surface area (Å²) in [5, 5.41) is 7.00. The quantitative estimate of drug-likeness (QED) is 0.244. The topological polar surface area (TPSA) is 89.1 Å². The molecule has 174 valence electrons. The number of aromatic nitrogens is 2. The molecular formula is C21H35Br2I2N3O2. The Kier molecular flexibility index (Phi) is 31.7. The van der Waals surface area contributed by atoms with E-state index in [0.717, 1.165) is 24.4 Å². The van der Waals surface area contributed by atoms with Crippen molar-refractivity contribution in [1.29, 1.82) is 0 Å². The van der Waals surface area contributed by atoms with Crippen molar-refractivity contribution in [2.45, 2.75) is 50.4 Å². The summed E-state index contributed by atoms with van der Waals surface area (Å²) >= 11 is 11.3. The number of hydrogen-bond acceptors (Lipinski definition) is 5. The number of carbonyl (C=O) groups excluding carboxylic acids is 1. The molecule has 0 aliphatic carbocycles. The van der Waals surface area contributed by atoms with Crippen molar-refractivity contribution in [2.24, 2.45) is 5.92 Å². The highest BCUT2D eigenvalue weighted by Crippen LogP contribution is 2.12. The van der Waals surface area contributed by atoms with E-state index in [-0.39, 0.29) is 13.2 Å². The average Bonchev–Trinajstić information content (AvgIpc) is 2.55. The molecule has 0 aliphatic heterocycles. The van der Waals surface area contributed by atoms with Crippen LogP contribution < -0.4 is 5.73 Å². The fourth-order valence-corrected chi connectivity index (χ4v) is 2.26. The number of nitrogen functional groups attached to an aromatic ring is 1. The van der Waals surface area contributed by atoms with Gasteiger partial charge < -0.3 is 15.6 Å². The molecule has 0 amide bonds. The first kappa shape index (κ1) is 37.5. The van der Waals surface area contributed by atoms with Crippen LogP contribution in [0, 0.1) is 5.92 Å². The number of rotatable bonds is 2. The SMILES string of the molecule is C.CC(C)=O.CC(C)Cc1cncc(Br)c1.CC(I)I.CO.Nc1cncc(Br)c1. The number of nitrogens with zero attached hydrogens (tertiary/aromatic N) is 2. The minimum Gasteiger partial charge on any atom is -0.400 e. The first-order valence-corrected chi connectivity index (χ1v) is 12.7. The maximum atomic E-state index is 9.44. The lowest BCUT2D eigenvalue weighted by atomic mass is 10.1. The fraction of sp³-hybridized carbons (Fsp3) is 0.476. The van der Waals surface area contributed by atoms with Gasteiger partial charge in [0.2, 0.25) is 0 Å². The summed E-state index contributed by atoms with van der Waals surface area (Å²) in [6.45, 7) is 9.61. The Morgan fingerprint density at radius 3 is 1.63 bits per heavy atom. The molecule has 0 bridgehead atoms. The van der Waals surface area contributed by atoms with Crippen molar-refractivity contribution >= 4 is 88.5 Å². The van der Waals surface area contributed by atoms with Gasteiger partial charge in [0.1, 0.15) is 5.78 Å². The van der Waals surface area contributed by atoms with Gasteiger partial charge in [-0.25, -0.2) is 0 Å². The normalized spacial score (nSPS) is 8.57. The zero-order valence-corrected chi connectivity index (χ0v) is 25.2. The largest absolute Gasteiger partial charge is 0.400 e. The molecular weight excluding hydrogens is 740 g/mol. The molecule has 2 rings (SSSR count). The highest BCUT2D eigenvalue weighted by molar-refractivity contribution is 14.2. The molecule has 2 heterocycles. The second-order valence-electron chi connectivity index (χ2n) is 5.97. The number of aliphatic hydroxyl groups excluding tert-OH is 1. The molecule has 0 fully saturated rings. The predicted molar refractivity (Wildman–Crippen MR) is 156 cm³/mol. The van der Waals surface area contributed by atoms with Crippen molar-refractivity contribution in [1.82, 2.24) is 9.97 Å². The number of halogens is 4. The monoisotopic (exact) mass is 773 g/mol. The van der Waals surface area contributed by atoms with Crippen molar-refractivity contribution in [3.63, 3.8) is 0 Å². The number of aliphatic hydroxyl groups is 1. The summed E-state index contributed by atoms with van der Waals surface area (Å²) < 4.78 is 2.75. The van der Waals surface area contributed by atoms with E-state index in [1.807, 2.05) is 12.4 Å². The van der Waals surface area contributed by atoms with Crippen LogP contribution >= 0.6 is 77.0 Å². The lowest BCUT2D eigenvalue weighted by Crippen LogP contribution is -1.94. The van der Waals surface area contributed by atoms with Crippen LogP contribution in [0.15, 0.2) is 45.9 Å². The minimum atomic E-state index is 0. The fourth-order valence-electron chi connectivity index (χ4n) is 1.47. The summed E-state index contributed by atoms with van der Waals surface area (Å²) in [6, 6.07) is 3.92. The summed E-state index contributed by atoms with van der Waals surface area (Å²) in [5.41, 5.74) is 7.35. The van der Waals surface area contributed by atoms with E-state index in [1.54, 1.807) is 18.5 Å². The van der Waals surface area contributed by atoms with Crippen molar-refractivity contribution in [2.75, 3.05) is 12.8 Å². The third-order valence-corrected chi connectivity index (χ3v) is 3.00. The first-order valence-electron chi connectivity index (χ1n) is 8.59. The number of alkyl halides is 2. The zero-order chi connectivity index (χ0) is 23.4. The average molecular weight is 775 g/mol. The number of anilines is 1. The molecule has 0 atom stereocenters. The first-order chi connectivity index (χ1) is 13.4. The summed E-state index contributed by atoms with van der Waals surface area (Å²) in [6.07, 6.45) is 8.13. The van der Waals surface area contributed by atoms with Crippen LogP contribution in [0.5, 0.6) is 0 Å². The van der Waals surface area contributed by atoms with Gasteiger partial charge >= 0.3 is 0 Å². The highest BCUT2D eigenvalue weighted by Gasteiger charge is 1.97. The van der Waals surface area contributed by atoms with E-state index in [1.165, 1.54) is 19.4 Å². The Morgan fingerprint density at radius 1 is 1.00 bits per heavy atom. The summed E-state index contributed by atoms with van der Waals surface area (Å²) in [5.74, 6) is 0.867. The van der Waals surface area contributed by atoms with Crippen LogP contribution in [-0.2, 0) is 11.2 Å². The van der Waals surface area contributed by atoms with Gasteiger partial charge in [0, 0.05) is 40.8 Å². The lowest BCUT2D eigenvalue weighted by Gasteiger charge is -2.03. The molecule has 0 unspecified atom stereocenters. The molecule has 0 saturated carbocycles. The van der Waals surface area contributed by atoms with E-state index >= 15 is 0 Å². The molecule has 3 N–H and O–H groups in total. The third-order valence-electron chi connectivity index (χ3n) is 2.13. The number of pyridine rings is 2. The predicted octanol–water partition coefficient (Wildman–Crippen LogP) is 7.51. The molecule has 30 heavy (non-hydrogen) atoms. The molecule has 0 spiro atoms. The van der Waals surface area contributed by atoms with Gasteiger partial charge in [0.05, 0.1) is 7.62 Å². The molecule has 5 nitrogen and oxygen atoms in total. The summed E-state index contributed by atoms with van der Waals surface area (Å²) in [4.78, 5) is 17.3. The van der Waals surface area contributed by atoms with E-state index in [9.17, 15) is 4.79 Å². The van der Waals surface area contributed by atoms with Gasteiger partial charge in [0.25, 0.3) is 0 Å². The zero-order valence-electron chi connectivity index (χ0n) is 17.7. The van der Waals surface area contributed by atoms with Crippen LogP contribution in [0.3, 0.4) is 0 Å². The maximum Gasteiger partial charge on any atom is 0.126 e. The Balaban J connectivity index is -0.000000157. The van der Waals surface area contributed by atoms with Crippen LogP contribution in [-0.4, -0.2) is 29.9 Å². The van der Waals surface area contributed by atoms with Crippen LogP contribution in [0.25, 0.3) is 0 Å². The molecule has 0 aliphatic rings. The third kappa shape index (κ3) is 35.6. The van der Waals surface area contributed by atoms with Gasteiger partial charge in [-0.2, -0.15) is 0 Å². The van der Waals surface area contributed by atoms with Gasteiger partial charge in [-0.15, -0.1) is 0 Å². The highest BCUT2D eigenvalue weighted by atomic mass is 127. The van der Waals surface area contributed by atoms with Crippen molar-refractivity contribution in [3.05, 3.63) is 51.4 Å². The lowest BCUT2D eigenvalue weighted by molar-refractivity contribution is -0.114. The Morgan fingerprint density at radius 2 is 1.37 bits per heavy atom. The van der Waals surface area contributed by atoms with Crippen LogP contribution in [0.4, 0.5) is 5.69 Å². The molecule has 0 aromatic carbocycles. The number of nitrogens with two attached hydrogens (primary N) is 1. The maximum absolute atomic E-state index is 9.44. The van der Waals surface area contributed by atoms with E-state index < -0.39 is 0 Å². The number of ketones is 1. The number of Topliss-reactive ketones (excluding diaryl/α,β-unsaturated/α-hetero) is 1. The van der Waals surface area contributed by atoms with Gasteiger partial charge in [-0.3, -0.25) is 9.97 Å². The van der Waals surface area contributed by atoms with Crippen LogP contribution in [0.2, 0.25) is 0 Å². The van der Waals surface area contributed by atoms with Gasteiger partial charge in [-0.1, -0.05) is 66.5 Å². The number of hydrogen-bond donors (Lipinski definition) is 2. The van der Waals surface area contributed by atoms with Crippen molar-refractivity contribution in [3.8, 4) is 0 Å². The molecule has 2 aromatic heterocycles. The smallest absolute Gasteiger partial charge is 0.126 e. The standard InChI is InChI=1S/C9H12BrN.C5H5BrN2.C3H6O.C2H4I2.CH4O.CH4/c1-7(2)3-8-4-9(10)6-11-5-8;6-4-1-5(7)3-8-2-4;1-3(2)4;1-2(3)4;1-2;/h4-7H,3H2,1-2H3;1-3H,7H2;1-2H3;2H,1H3;2H,1H3;1H4. The second kappa shape index (κ2) is 25.4. The minimum absolute atomic E-state index is 0. The molecule has 0 saturated heterocycles. The second-order valence-corrected chi connectivity index (χ2v) is 13.9. The number of carbonyl (C=O) groups is 1. The Hall–Kier alpha value is 0.150. The Labute approximate surface area is 227 Å². The Bertz CT molecular complexity index is 638. The molecule has 9 heteroatoms. The summed E-state index contributed by atoms with van der Waals surface area (Å²) in [7, 11) is 1.00. The van der Waals surface area contributed by atoms with Gasteiger partial charge in [-0.05, 0) is 82.7 Å². The van der Waals surface area contributed by atoms with E-state index in [4.69, 9.17) is 10.8 Å². The molecule has 0 radical (unpaired) electrons.